The second kappa shape index (κ2) is 5.86. The van der Waals surface area contributed by atoms with E-state index in [1.165, 1.54) is 11.1 Å². The van der Waals surface area contributed by atoms with Crippen LogP contribution in [0.2, 0.25) is 0 Å². The molecule has 0 saturated carbocycles. The largest absolute Gasteiger partial charge is 0.497 e. The molecule has 0 fully saturated rings. The standard InChI is InChI=1S/C12H15BrO/c1-10(4-3-9-13)11-5-7-12(14-2)8-6-11/h4-8H,3,9H2,1-2H3. The zero-order chi connectivity index (χ0) is 10.4. The third kappa shape index (κ3) is 3.18. The first-order valence-corrected chi connectivity index (χ1v) is 5.77. The van der Waals surface area contributed by atoms with Gasteiger partial charge in [-0.3, -0.25) is 0 Å². The summed E-state index contributed by atoms with van der Waals surface area (Å²) in [6.45, 7) is 2.13. The Hall–Kier alpha value is -0.760. The van der Waals surface area contributed by atoms with Crippen LogP contribution in [0.1, 0.15) is 18.9 Å². The van der Waals surface area contributed by atoms with Crippen molar-refractivity contribution in [1.29, 1.82) is 0 Å². The van der Waals surface area contributed by atoms with Crippen molar-refractivity contribution in [2.45, 2.75) is 13.3 Å². The van der Waals surface area contributed by atoms with Gasteiger partial charge in [0.2, 0.25) is 0 Å². The SMILES string of the molecule is COc1ccc(C(C)=CCCBr)cc1. The third-order valence-electron chi connectivity index (χ3n) is 2.10. The summed E-state index contributed by atoms with van der Waals surface area (Å²) in [6, 6.07) is 8.14. The summed E-state index contributed by atoms with van der Waals surface area (Å²) in [6.07, 6.45) is 3.30. The van der Waals surface area contributed by atoms with E-state index in [9.17, 15) is 0 Å². The van der Waals surface area contributed by atoms with Crippen LogP contribution in [0.5, 0.6) is 5.75 Å². The van der Waals surface area contributed by atoms with E-state index in [2.05, 4.69) is 41.1 Å². The highest BCUT2D eigenvalue weighted by Crippen LogP contribution is 2.18. The van der Waals surface area contributed by atoms with Gasteiger partial charge in [-0.1, -0.05) is 34.1 Å². The molecule has 0 amide bonds. The van der Waals surface area contributed by atoms with Crippen molar-refractivity contribution < 1.29 is 4.74 Å². The molecule has 1 nitrogen and oxygen atoms in total. The first-order valence-electron chi connectivity index (χ1n) is 4.65. The van der Waals surface area contributed by atoms with Crippen LogP contribution in [0.3, 0.4) is 0 Å². The van der Waals surface area contributed by atoms with Crippen molar-refractivity contribution in [2.24, 2.45) is 0 Å². The maximum atomic E-state index is 5.10. The van der Waals surface area contributed by atoms with Crippen molar-refractivity contribution >= 4 is 21.5 Å². The van der Waals surface area contributed by atoms with Gasteiger partial charge in [0.25, 0.3) is 0 Å². The zero-order valence-corrected chi connectivity index (χ0v) is 10.2. The van der Waals surface area contributed by atoms with Crippen molar-refractivity contribution in [3.63, 3.8) is 0 Å². The molecule has 1 aromatic carbocycles. The lowest BCUT2D eigenvalue weighted by molar-refractivity contribution is 0.415. The summed E-state index contributed by atoms with van der Waals surface area (Å²) in [4.78, 5) is 0. The Kier molecular flexibility index (Phi) is 4.74. The van der Waals surface area contributed by atoms with Gasteiger partial charge in [0.15, 0.2) is 0 Å². The number of halogens is 1. The van der Waals surface area contributed by atoms with Crippen LogP contribution < -0.4 is 4.74 Å². The van der Waals surface area contributed by atoms with E-state index in [0.717, 1.165) is 17.5 Å². The van der Waals surface area contributed by atoms with Crippen LogP contribution in [-0.4, -0.2) is 12.4 Å². The van der Waals surface area contributed by atoms with Crippen LogP contribution in [0.4, 0.5) is 0 Å². The van der Waals surface area contributed by atoms with Crippen molar-refractivity contribution in [3.05, 3.63) is 35.9 Å². The monoisotopic (exact) mass is 254 g/mol. The predicted octanol–water partition coefficient (Wildman–Crippen LogP) is 3.88. The molecule has 1 aromatic rings. The summed E-state index contributed by atoms with van der Waals surface area (Å²) in [5.41, 5.74) is 2.57. The van der Waals surface area contributed by atoms with E-state index >= 15 is 0 Å². The van der Waals surface area contributed by atoms with Crippen molar-refractivity contribution in [2.75, 3.05) is 12.4 Å². The van der Waals surface area contributed by atoms with Gasteiger partial charge in [-0.2, -0.15) is 0 Å². The van der Waals surface area contributed by atoms with Gasteiger partial charge in [-0.15, -0.1) is 0 Å². The molecular formula is C12H15BrO. The van der Waals surface area contributed by atoms with E-state index in [4.69, 9.17) is 4.74 Å². The molecule has 0 aliphatic heterocycles. The van der Waals surface area contributed by atoms with Crippen LogP contribution in [0, 0.1) is 0 Å². The highest BCUT2D eigenvalue weighted by molar-refractivity contribution is 9.09. The molecule has 0 saturated heterocycles. The molecule has 1 rings (SSSR count). The van der Waals surface area contributed by atoms with E-state index in [-0.39, 0.29) is 0 Å². The van der Waals surface area contributed by atoms with Gasteiger partial charge < -0.3 is 4.74 Å². The number of benzene rings is 1. The number of allylic oxidation sites excluding steroid dienone is 2. The van der Waals surface area contributed by atoms with E-state index < -0.39 is 0 Å². The van der Waals surface area contributed by atoms with E-state index in [0.29, 0.717) is 0 Å². The number of rotatable bonds is 4. The molecule has 0 heterocycles. The number of hydrogen-bond donors (Lipinski definition) is 0. The fraction of sp³-hybridized carbons (Fsp3) is 0.333. The zero-order valence-electron chi connectivity index (χ0n) is 8.59. The fourth-order valence-corrected chi connectivity index (χ4v) is 1.47. The minimum atomic E-state index is 0.905. The molecule has 0 aliphatic rings. The Morgan fingerprint density at radius 3 is 2.50 bits per heavy atom. The number of alkyl halides is 1. The summed E-state index contributed by atoms with van der Waals surface area (Å²) in [5.74, 6) is 0.905. The molecule has 0 spiro atoms. The normalized spacial score (nSPS) is 11.5. The molecule has 0 bridgehead atoms. The third-order valence-corrected chi connectivity index (χ3v) is 2.56. The molecule has 0 unspecified atom stereocenters. The topological polar surface area (TPSA) is 9.23 Å². The van der Waals surface area contributed by atoms with Gasteiger partial charge in [0.05, 0.1) is 7.11 Å². The van der Waals surface area contributed by atoms with Gasteiger partial charge in [0, 0.05) is 5.33 Å². The predicted molar refractivity (Wildman–Crippen MR) is 65.1 cm³/mol. The Balaban J connectivity index is 2.76. The average Bonchev–Trinajstić information content (AvgIpc) is 2.26. The molecule has 76 valence electrons. The van der Waals surface area contributed by atoms with E-state index in [1.807, 2.05) is 12.1 Å². The van der Waals surface area contributed by atoms with Crippen LogP contribution in [-0.2, 0) is 0 Å². The van der Waals surface area contributed by atoms with Gasteiger partial charge in [-0.25, -0.2) is 0 Å². The van der Waals surface area contributed by atoms with Crippen LogP contribution >= 0.6 is 15.9 Å². The smallest absolute Gasteiger partial charge is 0.118 e. The number of hydrogen-bond acceptors (Lipinski definition) is 1. The summed E-state index contributed by atoms with van der Waals surface area (Å²) in [5, 5.41) is 1.01. The highest BCUT2D eigenvalue weighted by Gasteiger charge is 1.95. The molecular weight excluding hydrogens is 240 g/mol. The van der Waals surface area contributed by atoms with Gasteiger partial charge in [0.1, 0.15) is 5.75 Å². The summed E-state index contributed by atoms with van der Waals surface area (Å²) < 4.78 is 5.10. The molecule has 0 N–H and O–H groups in total. The first kappa shape index (κ1) is 11.3. The summed E-state index contributed by atoms with van der Waals surface area (Å²) >= 11 is 3.41. The Labute approximate surface area is 93.9 Å². The Bertz CT molecular complexity index is 301. The second-order valence-corrected chi connectivity index (χ2v) is 3.89. The maximum Gasteiger partial charge on any atom is 0.118 e. The number of methoxy groups -OCH3 is 1. The lowest BCUT2D eigenvalue weighted by Gasteiger charge is -2.03. The lowest BCUT2D eigenvalue weighted by Crippen LogP contribution is -1.84. The van der Waals surface area contributed by atoms with Crippen LogP contribution in [0.25, 0.3) is 5.57 Å². The maximum absolute atomic E-state index is 5.10. The molecule has 0 aliphatic carbocycles. The molecule has 2 heteroatoms. The van der Waals surface area contributed by atoms with Crippen molar-refractivity contribution in [1.82, 2.24) is 0 Å². The fourth-order valence-electron chi connectivity index (χ4n) is 1.24. The summed E-state index contributed by atoms with van der Waals surface area (Å²) in [7, 11) is 1.68. The minimum absolute atomic E-state index is 0.905. The molecule has 0 atom stereocenters. The first-order chi connectivity index (χ1) is 6.77. The van der Waals surface area contributed by atoms with Crippen molar-refractivity contribution in [3.8, 4) is 5.75 Å². The molecule has 0 radical (unpaired) electrons. The van der Waals surface area contributed by atoms with Crippen LogP contribution in [0.15, 0.2) is 30.3 Å². The van der Waals surface area contributed by atoms with Gasteiger partial charge >= 0.3 is 0 Å². The Morgan fingerprint density at radius 2 is 2.00 bits per heavy atom. The molecule has 0 aromatic heterocycles. The van der Waals surface area contributed by atoms with Gasteiger partial charge in [-0.05, 0) is 36.6 Å². The lowest BCUT2D eigenvalue weighted by atomic mass is 10.1. The minimum Gasteiger partial charge on any atom is -0.497 e. The average molecular weight is 255 g/mol. The Morgan fingerprint density at radius 1 is 1.36 bits per heavy atom. The second-order valence-electron chi connectivity index (χ2n) is 3.09. The van der Waals surface area contributed by atoms with E-state index in [1.54, 1.807) is 7.11 Å². The molecule has 14 heavy (non-hydrogen) atoms. The number of ether oxygens (including phenoxy) is 1. The quantitative estimate of drug-likeness (QED) is 0.742. The highest BCUT2D eigenvalue weighted by atomic mass is 79.9.